The van der Waals surface area contributed by atoms with Gasteiger partial charge < -0.3 is 14.7 Å². The van der Waals surface area contributed by atoms with E-state index in [1.807, 2.05) is 6.92 Å². The molecule has 0 aliphatic heterocycles. The second-order valence-electron chi connectivity index (χ2n) is 2.43. The molecule has 0 spiro atoms. The summed E-state index contributed by atoms with van der Waals surface area (Å²) in [5.41, 5.74) is 6.05. The third kappa shape index (κ3) is 2.90. The van der Waals surface area contributed by atoms with Gasteiger partial charge in [0.25, 0.3) is 0 Å². The Kier molecular flexibility index (Phi) is 3.73. The Morgan fingerprint density at radius 3 is 2.86 bits per heavy atom. The van der Waals surface area contributed by atoms with Crippen LogP contribution >= 0.6 is 0 Å². The number of benzene rings is 1. The first-order valence-electron chi connectivity index (χ1n) is 3.95. The lowest BCUT2D eigenvalue weighted by atomic mass is 10.3. The van der Waals surface area contributed by atoms with Crippen molar-refractivity contribution in [3.05, 3.63) is 18.2 Å². The van der Waals surface area contributed by atoms with Crippen molar-refractivity contribution in [2.24, 2.45) is 0 Å². The molecular formula is C8H11NO4S. The van der Waals surface area contributed by atoms with Crippen molar-refractivity contribution in [1.82, 2.24) is 0 Å². The van der Waals surface area contributed by atoms with Crippen LogP contribution in [0.4, 0.5) is 5.69 Å². The summed E-state index contributed by atoms with van der Waals surface area (Å²) in [6.45, 7) is 2.28. The van der Waals surface area contributed by atoms with Crippen molar-refractivity contribution in [3.8, 4) is 11.5 Å². The van der Waals surface area contributed by atoms with Gasteiger partial charge in [-0.15, -0.1) is 0 Å². The Morgan fingerprint density at radius 2 is 2.29 bits per heavy atom. The molecular weight excluding hydrogens is 206 g/mol. The van der Waals surface area contributed by atoms with Gasteiger partial charge in [0.1, 0.15) is 11.5 Å². The van der Waals surface area contributed by atoms with Gasteiger partial charge in [0.05, 0.1) is 12.3 Å². The Morgan fingerprint density at radius 1 is 1.57 bits per heavy atom. The summed E-state index contributed by atoms with van der Waals surface area (Å²) in [5.74, 6) is 0.680. The minimum Gasteiger partial charge on any atom is -0.492 e. The molecule has 3 N–H and O–H groups in total. The zero-order valence-corrected chi connectivity index (χ0v) is 8.41. The van der Waals surface area contributed by atoms with Crippen LogP contribution in [0.15, 0.2) is 18.2 Å². The Bertz CT molecular complexity index is 342. The van der Waals surface area contributed by atoms with E-state index in [0.29, 0.717) is 18.0 Å². The molecule has 0 fully saturated rings. The summed E-state index contributed by atoms with van der Waals surface area (Å²) in [5, 5.41) is 0. The highest BCUT2D eigenvalue weighted by Gasteiger charge is 2.04. The van der Waals surface area contributed by atoms with Gasteiger partial charge in [0.15, 0.2) is 0 Å². The lowest BCUT2D eigenvalue weighted by Crippen LogP contribution is -2.00. The summed E-state index contributed by atoms with van der Waals surface area (Å²) in [6, 6.07) is 4.51. The highest BCUT2D eigenvalue weighted by Crippen LogP contribution is 2.27. The topological polar surface area (TPSA) is 81.8 Å². The van der Waals surface area contributed by atoms with E-state index in [9.17, 15) is 4.21 Å². The van der Waals surface area contributed by atoms with Crippen LogP contribution in [-0.2, 0) is 11.4 Å². The molecule has 1 unspecified atom stereocenters. The van der Waals surface area contributed by atoms with Gasteiger partial charge in [-0.05, 0) is 19.1 Å². The molecule has 1 atom stereocenters. The number of ether oxygens (including phenoxy) is 1. The van der Waals surface area contributed by atoms with Crippen LogP contribution in [0.3, 0.4) is 0 Å². The van der Waals surface area contributed by atoms with Gasteiger partial charge in [-0.2, -0.15) is 4.21 Å². The quantitative estimate of drug-likeness (QED) is 0.584. The third-order valence-corrected chi connectivity index (χ3v) is 1.79. The zero-order valence-electron chi connectivity index (χ0n) is 7.60. The van der Waals surface area contributed by atoms with E-state index in [1.54, 1.807) is 6.07 Å². The molecule has 0 radical (unpaired) electrons. The number of hydrogen-bond acceptors (Lipinski definition) is 4. The van der Waals surface area contributed by atoms with Crippen LogP contribution < -0.4 is 14.7 Å². The Hall–Kier alpha value is -1.27. The highest BCUT2D eigenvalue weighted by atomic mass is 32.2. The maximum atomic E-state index is 10.3. The fourth-order valence-corrected chi connectivity index (χ4v) is 1.20. The van der Waals surface area contributed by atoms with Crippen molar-refractivity contribution in [2.75, 3.05) is 12.3 Å². The zero-order chi connectivity index (χ0) is 10.6. The van der Waals surface area contributed by atoms with Gasteiger partial charge >= 0.3 is 11.4 Å². The van der Waals surface area contributed by atoms with E-state index in [1.165, 1.54) is 12.1 Å². The minimum atomic E-state index is -2.33. The largest absolute Gasteiger partial charge is 0.492 e. The van der Waals surface area contributed by atoms with Crippen LogP contribution in [0, 0.1) is 0 Å². The van der Waals surface area contributed by atoms with Crippen LogP contribution in [0.5, 0.6) is 11.5 Å². The van der Waals surface area contributed by atoms with E-state index in [-0.39, 0.29) is 5.75 Å². The molecule has 0 saturated carbocycles. The van der Waals surface area contributed by atoms with E-state index >= 15 is 0 Å². The van der Waals surface area contributed by atoms with Gasteiger partial charge in [-0.25, -0.2) is 0 Å². The average Bonchev–Trinajstić information content (AvgIpc) is 2.10. The Labute approximate surface area is 84.3 Å². The van der Waals surface area contributed by atoms with E-state index in [2.05, 4.69) is 4.18 Å². The van der Waals surface area contributed by atoms with Crippen LogP contribution in [0.2, 0.25) is 0 Å². The summed E-state index contributed by atoms with van der Waals surface area (Å²) in [7, 11) is 0. The molecule has 14 heavy (non-hydrogen) atoms. The molecule has 0 saturated heterocycles. The van der Waals surface area contributed by atoms with E-state index in [4.69, 9.17) is 15.0 Å². The fourth-order valence-electron chi connectivity index (χ4n) is 0.929. The minimum absolute atomic E-state index is 0.239. The highest BCUT2D eigenvalue weighted by molar-refractivity contribution is 7.74. The Balaban J connectivity index is 2.88. The smallest absolute Gasteiger partial charge is 0.357 e. The second-order valence-corrected chi connectivity index (χ2v) is 3.03. The predicted octanol–water partition coefficient (Wildman–Crippen LogP) is 1.18. The molecule has 1 aromatic rings. The second kappa shape index (κ2) is 4.83. The first kappa shape index (κ1) is 10.8. The molecule has 1 aromatic carbocycles. The van der Waals surface area contributed by atoms with Crippen molar-refractivity contribution in [2.45, 2.75) is 6.92 Å². The van der Waals surface area contributed by atoms with Crippen molar-refractivity contribution in [1.29, 1.82) is 0 Å². The maximum Gasteiger partial charge on any atom is 0.357 e. The lowest BCUT2D eigenvalue weighted by Gasteiger charge is -2.07. The molecule has 5 nitrogen and oxygen atoms in total. The number of anilines is 1. The molecule has 0 amide bonds. The number of nitrogen functional groups attached to an aromatic ring is 1. The molecule has 0 heterocycles. The van der Waals surface area contributed by atoms with Gasteiger partial charge in [0.2, 0.25) is 0 Å². The van der Waals surface area contributed by atoms with Crippen LogP contribution in [-0.4, -0.2) is 15.4 Å². The summed E-state index contributed by atoms with van der Waals surface area (Å²) in [4.78, 5) is 0. The van der Waals surface area contributed by atoms with Crippen molar-refractivity contribution >= 4 is 17.0 Å². The maximum absolute atomic E-state index is 10.3. The van der Waals surface area contributed by atoms with Gasteiger partial charge in [-0.1, -0.05) is 0 Å². The molecule has 1 rings (SSSR count). The first-order chi connectivity index (χ1) is 6.63. The number of hydrogen-bond donors (Lipinski definition) is 2. The summed E-state index contributed by atoms with van der Waals surface area (Å²) >= 11 is -2.33. The average molecular weight is 217 g/mol. The normalized spacial score (nSPS) is 12.1. The molecule has 0 aliphatic carbocycles. The fraction of sp³-hybridized carbons (Fsp3) is 0.250. The molecule has 0 bridgehead atoms. The van der Waals surface area contributed by atoms with Crippen LogP contribution in [0.25, 0.3) is 0 Å². The van der Waals surface area contributed by atoms with Gasteiger partial charge in [0, 0.05) is 6.07 Å². The summed E-state index contributed by atoms with van der Waals surface area (Å²) < 4.78 is 28.5. The molecule has 0 aliphatic rings. The number of nitrogens with two attached hydrogens (primary N) is 1. The molecule has 78 valence electrons. The van der Waals surface area contributed by atoms with E-state index < -0.39 is 11.4 Å². The number of rotatable bonds is 4. The lowest BCUT2D eigenvalue weighted by molar-refractivity contribution is 0.340. The standard InChI is InChI=1S/C8H11NO4S/c1-2-12-8-5-6(13-14(10)11)3-4-7(8)9/h3-5H,2,9H2,1H3,(H,10,11). The third-order valence-electron chi connectivity index (χ3n) is 1.45. The SMILES string of the molecule is CCOc1cc(OS(=O)O)ccc1N. The molecule has 0 aromatic heterocycles. The van der Waals surface area contributed by atoms with Crippen molar-refractivity contribution in [3.63, 3.8) is 0 Å². The van der Waals surface area contributed by atoms with Crippen molar-refractivity contribution < 1.29 is 17.7 Å². The summed E-state index contributed by atoms with van der Waals surface area (Å²) in [6.07, 6.45) is 0. The van der Waals surface area contributed by atoms with Crippen LogP contribution in [0.1, 0.15) is 6.92 Å². The molecule has 6 heteroatoms. The first-order valence-corrected chi connectivity index (χ1v) is 4.98. The van der Waals surface area contributed by atoms with Gasteiger partial charge in [-0.3, -0.25) is 4.55 Å². The predicted molar refractivity (Wildman–Crippen MR) is 53.4 cm³/mol. The van der Waals surface area contributed by atoms with E-state index in [0.717, 1.165) is 0 Å². The monoisotopic (exact) mass is 217 g/mol.